The van der Waals surface area contributed by atoms with Crippen LogP contribution in [-0.4, -0.2) is 36.9 Å². The molecule has 0 saturated heterocycles. The van der Waals surface area contributed by atoms with Crippen molar-refractivity contribution in [3.63, 3.8) is 0 Å². The first kappa shape index (κ1) is 20.8. The van der Waals surface area contributed by atoms with Crippen LogP contribution in [0.4, 0.5) is 0 Å². The number of amides is 1. The molecule has 1 amide bonds. The Hall–Kier alpha value is -2.93. The zero-order chi connectivity index (χ0) is 20.9. The number of sulfone groups is 1. The molecular formula is C22H25N3O3S. The molecule has 152 valence electrons. The van der Waals surface area contributed by atoms with Crippen LogP contribution in [0, 0.1) is 0 Å². The molecule has 0 radical (unpaired) electrons. The standard InChI is InChI=1S/C22H25N3O3S/c1-25-16-20(15-24-25)19-8-3-18(4-9-19)13-14-23-22(26)12-7-17-5-10-21(11-6-17)29(2,27)28/h3-6,8-11,15-16H,7,12-14H2,1-2H3,(H,23,26). The summed E-state index contributed by atoms with van der Waals surface area (Å²) in [6, 6.07) is 14.9. The molecule has 0 spiro atoms. The van der Waals surface area contributed by atoms with Gasteiger partial charge in [0.2, 0.25) is 5.91 Å². The topological polar surface area (TPSA) is 81.1 Å². The van der Waals surface area contributed by atoms with Crippen molar-refractivity contribution in [3.05, 3.63) is 72.1 Å². The Morgan fingerprint density at radius 2 is 1.59 bits per heavy atom. The molecule has 1 N–H and O–H groups in total. The van der Waals surface area contributed by atoms with Crippen LogP contribution < -0.4 is 5.32 Å². The minimum absolute atomic E-state index is 0.0100. The van der Waals surface area contributed by atoms with E-state index in [2.05, 4.69) is 34.7 Å². The number of aromatic nitrogens is 2. The number of nitrogens with one attached hydrogen (secondary N) is 1. The van der Waals surface area contributed by atoms with Gasteiger partial charge < -0.3 is 5.32 Å². The van der Waals surface area contributed by atoms with Crippen LogP contribution in [0.5, 0.6) is 0 Å². The molecule has 1 heterocycles. The Labute approximate surface area is 171 Å². The van der Waals surface area contributed by atoms with E-state index in [1.807, 2.05) is 19.4 Å². The van der Waals surface area contributed by atoms with Gasteiger partial charge >= 0.3 is 0 Å². The zero-order valence-electron chi connectivity index (χ0n) is 16.6. The number of carbonyl (C=O) groups is 1. The normalized spacial score (nSPS) is 11.4. The van der Waals surface area contributed by atoms with Gasteiger partial charge in [-0.05, 0) is 41.7 Å². The van der Waals surface area contributed by atoms with Crippen molar-refractivity contribution >= 4 is 15.7 Å². The second kappa shape index (κ2) is 9.05. The Morgan fingerprint density at radius 3 is 2.17 bits per heavy atom. The number of aryl methyl sites for hydroxylation is 2. The summed E-state index contributed by atoms with van der Waals surface area (Å²) in [5.74, 6) is -0.0100. The summed E-state index contributed by atoms with van der Waals surface area (Å²) < 4.78 is 24.7. The second-order valence-electron chi connectivity index (χ2n) is 7.12. The second-order valence-corrected chi connectivity index (χ2v) is 9.13. The summed E-state index contributed by atoms with van der Waals surface area (Å²) in [7, 11) is -1.30. The number of nitrogens with zero attached hydrogens (tertiary/aromatic N) is 2. The average molecular weight is 412 g/mol. The van der Waals surface area contributed by atoms with Crippen molar-refractivity contribution in [3.8, 4) is 11.1 Å². The smallest absolute Gasteiger partial charge is 0.220 e. The number of hydrogen-bond acceptors (Lipinski definition) is 4. The number of rotatable bonds is 8. The van der Waals surface area contributed by atoms with Crippen LogP contribution >= 0.6 is 0 Å². The summed E-state index contributed by atoms with van der Waals surface area (Å²) in [6.45, 7) is 0.581. The van der Waals surface area contributed by atoms with Crippen LogP contribution in [0.15, 0.2) is 65.8 Å². The highest BCUT2D eigenvalue weighted by Crippen LogP contribution is 2.18. The van der Waals surface area contributed by atoms with Crippen molar-refractivity contribution in [2.24, 2.45) is 7.05 Å². The molecule has 0 aliphatic carbocycles. The lowest BCUT2D eigenvalue weighted by atomic mass is 10.1. The quantitative estimate of drug-likeness (QED) is 0.618. The number of hydrogen-bond donors (Lipinski definition) is 1. The lowest BCUT2D eigenvalue weighted by Crippen LogP contribution is -2.25. The van der Waals surface area contributed by atoms with Crippen molar-refractivity contribution in [2.45, 2.75) is 24.2 Å². The molecular weight excluding hydrogens is 386 g/mol. The zero-order valence-corrected chi connectivity index (χ0v) is 17.4. The molecule has 0 aliphatic rings. The van der Waals surface area contributed by atoms with Gasteiger partial charge in [-0.1, -0.05) is 36.4 Å². The van der Waals surface area contributed by atoms with Gasteiger partial charge in [0.1, 0.15) is 0 Å². The predicted octanol–water partition coefficient (Wildman–Crippen LogP) is 2.78. The first-order valence-electron chi connectivity index (χ1n) is 9.45. The van der Waals surface area contributed by atoms with Gasteiger partial charge in [-0.25, -0.2) is 8.42 Å². The Morgan fingerprint density at radius 1 is 0.966 bits per heavy atom. The molecule has 2 aromatic carbocycles. The Balaban J connectivity index is 1.41. The summed E-state index contributed by atoms with van der Waals surface area (Å²) in [6.07, 6.45) is 6.71. The van der Waals surface area contributed by atoms with Crippen LogP contribution in [-0.2, 0) is 34.5 Å². The molecule has 0 atom stereocenters. The van der Waals surface area contributed by atoms with Gasteiger partial charge in [-0.2, -0.15) is 5.10 Å². The average Bonchev–Trinajstić information content (AvgIpc) is 3.13. The van der Waals surface area contributed by atoms with E-state index in [9.17, 15) is 13.2 Å². The Bertz CT molecular complexity index is 1070. The van der Waals surface area contributed by atoms with Gasteiger partial charge in [0.05, 0.1) is 11.1 Å². The van der Waals surface area contributed by atoms with E-state index in [1.54, 1.807) is 28.9 Å². The first-order valence-corrected chi connectivity index (χ1v) is 11.3. The third kappa shape index (κ3) is 6.02. The highest BCUT2D eigenvalue weighted by molar-refractivity contribution is 7.90. The van der Waals surface area contributed by atoms with E-state index in [0.29, 0.717) is 24.3 Å². The summed E-state index contributed by atoms with van der Waals surface area (Å²) in [4.78, 5) is 12.3. The molecule has 7 heteroatoms. The molecule has 1 aromatic heterocycles. The SMILES string of the molecule is Cn1cc(-c2ccc(CCNC(=O)CCc3ccc(S(C)(=O)=O)cc3)cc2)cn1. The minimum atomic E-state index is -3.19. The van der Waals surface area contributed by atoms with Gasteiger partial charge in [0.25, 0.3) is 0 Å². The van der Waals surface area contributed by atoms with Crippen LogP contribution in [0.1, 0.15) is 17.5 Å². The fourth-order valence-corrected chi connectivity index (χ4v) is 3.66. The van der Waals surface area contributed by atoms with Crippen LogP contribution in [0.25, 0.3) is 11.1 Å². The van der Waals surface area contributed by atoms with E-state index >= 15 is 0 Å². The lowest BCUT2D eigenvalue weighted by molar-refractivity contribution is -0.121. The monoisotopic (exact) mass is 411 g/mol. The van der Waals surface area contributed by atoms with Crippen molar-refractivity contribution < 1.29 is 13.2 Å². The van der Waals surface area contributed by atoms with E-state index in [1.165, 1.54) is 6.26 Å². The fraction of sp³-hybridized carbons (Fsp3) is 0.273. The molecule has 0 saturated carbocycles. The molecule has 0 unspecified atom stereocenters. The molecule has 3 rings (SSSR count). The summed E-state index contributed by atoms with van der Waals surface area (Å²) in [5.41, 5.74) is 4.30. The van der Waals surface area contributed by atoms with Gasteiger partial charge in [-0.3, -0.25) is 9.48 Å². The van der Waals surface area contributed by atoms with Crippen LogP contribution in [0.3, 0.4) is 0 Å². The molecule has 6 nitrogen and oxygen atoms in total. The molecule has 0 aliphatic heterocycles. The predicted molar refractivity (Wildman–Crippen MR) is 113 cm³/mol. The van der Waals surface area contributed by atoms with Crippen molar-refractivity contribution in [1.29, 1.82) is 0 Å². The number of carbonyl (C=O) groups excluding carboxylic acids is 1. The molecule has 3 aromatic rings. The maximum atomic E-state index is 12.1. The third-order valence-corrected chi connectivity index (χ3v) is 5.85. The van der Waals surface area contributed by atoms with E-state index < -0.39 is 9.84 Å². The lowest BCUT2D eigenvalue weighted by Gasteiger charge is -2.07. The Kier molecular flexibility index (Phi) is 6.49. The highest BCUT2D eigenvalue weighted by Gasteiger charge is 2.07. The van der Waals surface area contributed by atoms with E-state index in [4.69, 9.17) is 0 Å². The maximum absolute atomic E-state index is 12.1. The van der Waals surface area contributed by atoms with Crippen molar-refractivity contribution in [1.82, 2.24) is 15.1 Å². The largest absolute Gasteiger partial charge is 0.356 e. The van der Waals surface area contributed by atoms with Gasteiger partial charge in [-0.15, -0.1) is 0 Å². The summed E-state index contributed by atoms with van der Waals surface area (Å²) in [5, 5.41) is 7.12. The fourth-order valence-electron chi connectivity index (χ4n) is 3.03. The minimum Gasteiger partial charge on any atom is -0.356 e. The van der Waals surface area contributed by atoms with E-state index in [0.717, 1.165) is 28.7 Å². The highest BCUT2D eigenvalue weighted by atomic mass is 32.2. The van der Waals surface area contributed by atoms with Gasteiger partial charge in [0.15, 0.2) is 9.84 Å². The molecule has 0 fully saturated rings. The first-order chi connectivity index (χ1) is 13.8. The molecule has 29 heavy (non-hydrogen) atoms. The van der Waals surface area contributed by atoms with Crippen molar-refractivity contribution in [2.75, 3.05) is 12.8 Å². The molecule has 0 bridgehead atoms. The summed E-state index contributed by atoms with van der Waals surface area (Å²) >= 11 is 0. The van der Waals surface area contributed by atoms with E-state index in [-0.39, 0.29) is 5.91 Å². The maximum Gasteiger partial charge on any atom is 0.220 e. The van der Waals surface area contributed by atoms with Crippen LogP contribution in [0.2, 0.25) is 0 Å². The number of benzene rings is 2. The van der Waals surface area contributed by atoms with Gasteiger partial charge in [0, 0.05) is 38.0 Å². The third-order valence-electron chi connectivity index (χ3n) is 4.72.